The summed E-state index contributed by atoms with van der Waals surface area (Å²) < 4.78 is 7.92. The maximum atomic E-state index is 10.5. The molecule has 0 heterocycles. The van der Waals surface area contributed by atoms with Crippen LogP contribution in [0.25, 0.3) is 0 Å². The number of aryl methyl sites for hydroxylation is 1. The number of benzene rings is 2. The highest BCUT2D eigenvalue weighted by molar-refractivity contribution is 9.11. The lowest BCUT2D eigenvalue weighted by atomic mass is 10.1. The average molecular weight is 466 g/mol. The van der Waals surface area contributed by atoms with Crippen LogP contribution in [-0.4, -0.2) is 19.0 Å². The molecule has 0 spiro atoms. The standard InChI is InChI=1S/C19H18Br2N2O2/c1-13-5-6-14(8-17(23-22-2)4-3-7-24)9-19(13)25-18-11-15(20)10-16(21)12-18/h3-7,9-12,22H,8H2,1-2H3/b4-3-,23-17-. The fourth-order valence-corrected chi connectivity index (χ4v) is 3.47. The van der Waals surface area contributed by atoms with Crippen molar-refractivity contribution in [2.24, 2.45) is 5.10 Å². The number of carbonyl (C=O) groups is 1. The minimum absolute atomic E-state index is 0.587. The van der Waals surface area contributed by atoms with Crippen LogP contribution in [0.3, 0.4) is 0 Å². The fraction of sp³-hybridized carbons (Fsp3) is 0.158. The molecule has 25 heavy (non-hydrogen) atoms. The summed E-state index contributed by atoms with van der Waals surface area (Å²) in [5, 5.41) is 4.18. The highest BCUT2D eigenvalue weighted by Gasteiger charge is 2.07. The zero-order valence-electron chi connectivity index (χ0n) is 13.9. The molecular weight excluding hydrogens is 448 g/mol. The number of rotatable bonds is 7. The maximum Gasteiger partial charge on any atom is 0.142 e. The maximum absolute atomic E-state index is 10.5. The van der Waals surface area contributed by atoms with Gasteiger partial charge in [0.05, 0.1) is 5.71 Å². The van der Waals surface area contributed by atoms with Gasteiger partial charge >= 0.3 is 0 Å². The zero-order chi connectivity index (χ0) is 18.2. The minimum atomic E-state index is 0.587. The molecule has 0 amide bonds. The summed E-state index contributed by atoms with van der Waals surface area (Å²) >= 11 is 6.93. The van der Waals surface area contributed by atoms with Gasteiger partial charge in [-0.2, -0.15) is 5.10 Å². The van der Waals surface area contributed by atoms with Gasteiger partial charge in [0.25, 0.3) is 0 Å². The van der Waals surface area contributed by atoms with E-state index in [4.69, 9.17) is 4.74 Å². The van der Waals surface area contributed by atoms with Crippen LogP contribution < -0.4 is 10.2 Å². The first kappa shape index (κ1) is 19.4. The molecule has 2 rings (SSSR count). The van der Waals surface area contributed by atoms with Gasteiger partial charge in [0.2, 0.25) is 0 Å². The molecule has 0 radical (unpaired) electrons. The topological polar surface area (TPSA) is 50.7 Å². The first-order valence-electron chi connectivity index (χ1n) is 7.60. The lowest BCUT2D eigenvalue weighted by Gasteiger charge is -2.12. The van der Waals surface area contributed by atoms with E-state index < -0.39 is 0 Å². The molecule has 0 fully saturated rings. The third-order valence-electron chi connectivity index (χ3n) is 3.32. The Morgan fingerprint density at radius 3 is 2.56 bits per heavy atom. The molecule has 0 aromatic heterocycles. The first-order valence-corrected chi connectivity index (χ1v) is 9.19. The van der Waals surface area contributed by atoms with Crippen LogP contribution in [0.5, 0.6) is 11.5 Å². The van der Waals surface area contributed by atoms with Gasteiger partial charge in [-0.25, -0.2) is 0 Å². The molecule has 0 bridgehead atoms. The summed E-state index contributed by atoms with van der Waals surface area (Å²) in [5.41, 5.74) is 5.59. The number of aldehydes is 1. The van der Waals surface area contributed by atoms with E-state index in [2.05, 4.69) is 42.4 Å². The lowest BCUT2D eigenvalue weighted by Crippen LogP contribution is -2.06. The smallest absolute Gasteiger partial charge is 0.142 e. The summed E-state index contributed by atoms with van der Waals surface area (Å²) in [6, 6.07) is 11.8. The van der Waals surface area contributed by atoms with Gasteiger partial charge in [0.15, 0.2) is 0 Å². The van der Waals surface area contributed by atoms with Crippen molar-refractivity contribution in [2.75, 3.05) is 7.05 Å². The lowest BCUT2D eigenvalue weighted by molar-refractivity contribution is -0.104. The molecule has 130 valence electrons. The van der Waals surface area contributed by atoms with Crippen LogP contribution in [0.4, 0.5) is 0 Å². The Labute approximate surface area is 164 Å². The van der Waals surface area contributed by atoms with E-state index in [0.29, 0.717) is 6.42 Å². The van der Waals surface area contributed by atoms with Gasteiger partial charge in [-0.05, 0) is 54.5 Å². The monoisotopic (exact) mass is 464 g/mol. The molecule has 0 saturated heterocycles. The van der Waals surface area contributed by atoms with Gasteiger partial charge < -0.3 is 10.2 Å². The normalized spacial score (nSPS) is 11.6. The van der Waals surface area contributed by atoms with Gasteiger partial charge in [-0.1, -0.05) is 44.0 Å². The summed E-state index contributed by atoms with van der Waals surface area (Å²) in [4.78, 5) is 10.5. The summed E-state index contributed by atoms with van der Waals surface area (Å²) in [5.74, 6) is 1.53. The van der Waals surface area contributed by atoms with Gasteiger partial charge in [0.1, 0.15) is 17.8 Å². The van der Waals surface area contributed by atoms with Crippen molar-refractivity contribution in [3.63, 3.8) is 0 Å². The van der Waals surface area contributed by atoms with Crippen LogP contribution >= 0.6 is 31.9 Å². The van der Waals surface area contributed by atoms with E-state index in [0.717, 1.165) is 43.6 Å². The minimum Gasteiger partial charge on any atom is -0.457 e. The number of nitrogens with one attached hydrogen (secondary N) is 1. The Hall–Kier alpha value is -1.92. The Morgan fingerprint density at radius 2 is 1.92 bits per heavy atom. The Bertz CT molecular complexity index is 797. The van der Waals surface area contributed by atoms with Crippen molar-refractivity contribution >= 4 is 43.9 Å². The summed E-state index contributed by atoms with van der Waals surface area (Å²) in [6.07, 6.45) is 4.44. The molecule has 6 heteroatoms. The fourth-order valence-electron chi connectivity index (χ4n) is 2.22. The molecule has 0 aliphatic rings. The highest BCUT2D eigenvalue weighted by Crippen LogP contribution is 2.31. The van der Waals surface area contributed by atoms with Gasteiger partial charge in [0, 0.05) is 22.4 Å². The molecule has 0 unspecified atom stereocenters. The molecular formula is C19H18Br2N2O2. The predicted octanol–water partition coefficient (Wildman–Crippen LogP) is 5.19. The molecule has 0 aliphatic heterocycles. The van der Waals surface area contributed by atoms with Gasteiger partial charge in [-0.15, -0.1) is 0 Å². The van der Waals surface area contributed by atoms with E-state index in [9.17, 15) is 4.79 Å². The van der Waals surface area contributed by atoms with E-state index >= 15 is 0 Å². The van der Waals surface area contributed by atoms with E-state index in [1.807, 2.05) is 43.3 Å². The second-order valence-corrected chi connectivity index (χ2v) is 7.14. The Kier molecular flexibility index (Phi) is 7.40. The molecule has 0 atom stereocenters. The molecule has 4 nitrogen and oxygen atoms in total. The number of nitrogens with zero attached hydrogens (tertiary/aromatic N) is 1. The third kappa shape index (κ3) is 6.14. The summed E-state index contributed by atoms with van der Waals surface area (Å²) in [7, 11) is 1.73. The van der Waals surface area contributed by atoms with Crippen molar-refractivity contribution < 1.29 is 9.53 Å². The average Bonchev–Trinajstić information content (AvgIpc) is 2.55. The SMILES string of the molecule is CN/N=C(/C=C\C=O)Cc1ccc(C)c(Oc2cc(Br)cc(Br)c2)c1. The van der Waals surface area contributed by atoms with Crippen LogP contribution in [0, 0.1) is 6.92 Å². The van der Waals surface area contributed by atoms with Crippen molar-refractivity contribution in [1.82, 2.24) is 5.43 Å². The quantitative estimate of drug-likeness (QED) is 0.265. The predicted molar refractivity (Wildman–Crippen MR) is 108 cm³/mol. The highest BCUT2D eigenvalue weighted by atomic mass is 79.9. The van der Waals surface area contributed by atoms with Gasteiger partial charge in [-0.3, -0.25) is 4.79 Å². The van der Waals surface area contributed by atoms with Crippen molar-refractivity contribution in [2.45, 2.75) is 13.3 Å². The van der Waals surface area contributed by atoms with Crippen LogP contribution in [-0.2, 0) is 11.2 Å². The molecule has 0 saturated carbocycles. The second-order valence-electron chi connectivity index (χ2n) is 5.31. The van der Waals surface area contributed by atoms with Crippen LogP contribution in [0.1, 0.15) is 11.1 Å². The first-order chi connectivity index (χ1) is 12.0. The number of hydrazone groups is 1. The Morgan fingerprint density at radius 1 is 1.20 bits per heavy atom. The van der Waals surface area contributed by atoms with Crippen LogP contribution in [0.15, 0.2) is 62.6 Å². The summed E-state index contributed by atoms with van der Waals surface area (Å²) in [6.45, 7) is 2.00. The second kappa shape index (κ2) is 9.53. The number of allylic oxidation sites excluding steroid dienone is 2. The van der Waals surface area contributed by atoms with E-state index in [1.165, 1.54) is 6.08 Å². The number of carbonyl (C=O) groups excluding carboxylic acids is 1. The van der Waals surface area contributed by atoms with E-state index in [-0.39, 0.29) is 0 Å². The number of hydrogen-bond donors (Lipinski definition) is 1. The van der Waals surface area contributed by atoms with Crippen molar-refractivity contribution in [3.05, 3.63) is 68.6 Å². The van der Waals surface area contributed by atoms with Crippen molar-refractivity contribution in [3.8, 4) is 11.5 Å². The van der Waals surface area contributed by atoms with Crippen molar-refractivity contribution in [1.29, 1.82) is 0 Å². The number of halogens is 2. The zero-order valence-corrected chi connectivity index (χ0v) is 17.1. The number of hydrogen-bond acceptors (Lipinski definition) is 4. The largest absolute Gasteiger partial charge is 0.457 e. The van der Waals surface area contributed by atoms with E-state index in [1.54, 1.807) is 13.1 Å². The molecule has 1 N–H and O–H groups in total. The van der Waals surface area contributed by atoms with Crippen LogP contribution in [0.2, 0.25) is 0 Å². The number of ether oxygens (including phenoxy) is 1. The molecule has 2 aromatic rings. The molecule has 0 aliphatic carbocycles. The molecule has 2 aromatic carbocycles. The third-order valence-corrected chi connectivity index (χ3v) is 4.24. The Balaban J connectivity index is 2.26.